The Balaban J connectivity index is 1.33. The van der Waals surface area contributed by atoms with Crippen LogP contribution in [0.1, 0.15) is 36.0 Å². The molecule has 2 saturated heterocycles. The molecular formula is C25H30N2O2. The van der Waals surface area contributed by atoms with Gasteiger partial charge in [0, 0.05) is 31.7 Å². The predicted octanol–water partition coefficient (Wildman–Crippen LogP) is 4.14. The van der Waals surface area contributed by atoms with Crippen LogP contribution in [-0.4, -0.2) is 36.3 Å². The Morgan fingerprint density at radius 2 is 1.72 bits per heavy atom. The zero-order chi connectivity index (χ0) is 20.4. The van der Waals surface area contributed by atoms with E-state index in [0.717, 1.165) is 38.0 Å². The van der Waals surface area contributed by atoms with Crippen LogP contribution in [0.3, 0.4) is 0 Å². The second-order valence-electron chi connectivity index (χ2n) is 8.63. The van der Waals surface area contributed by atoms with Gasteiger partial charge in [0.2, 0.25) is 11.8 Å². The van der Waals surface area contributed by atoms with Gasteiger partial charge in [0.05, 0.1) is 5.92 Å². The van der Waals surface area contributed by atoms with Gasteiger partial charge in [-0.05, 0) is 67.9 Å². The molecule has 2 fully saturated rings. The first-order valence-electron chi connectivity index (χ1n) is 10.7. The Morgan fingerprint density at radius 3 is 2.41 bits per heavy atom. The van der Waals surface area contributed by atoms with Crippen molar-refractivity contribution in [3.63, 3.8) is 0 Å². The van der Waals surface area contributed by atoms with Crippen LogP contribution in [-0.2, 0) is 16.0 Å². The molecule has 2 heterocycles. The molecule has 2 amide bonds. The number of hydrogen-bond acceptors (Lipinski definition) is 2. The molecule has 1 atom stereocenters. The second kappa shape index (κ2) is 8.40. The Morgan fingerprint density at radius 1 is 1.00 bits per heavy atom. The number of amides is 2. The largest absolute Gasteiger partial charge is 0.342 e. The summed E-state index contributed by atoms with van der Waals surface area (Å²) < 4.78 is 0. The maximum absolute atomic E-state index is 13.1. The van der Waals surface area contributed by atoms with Crippen LogP contribution >= 0.6 is 0 Å². The Hall–Kier alpha value is -2.62. The molecule has 0 aliphatic carbocycles. The van der Waals surface area contributed by atoms with Crippen LogP contribution in [0.15, 0.2) is 48.5 Å². The highest BCUT2D eigenvalue weighted by molar-refractivity contribution is 6.00. The molecule has 0 aromatic heterocycles. The summed E-state index contributed by atoms with van der Waals surface area (Å²) in [7, 11) is 0. The van der Waals surface area contributed by atoms with E-state index in [1.807, 2.05) is 17.0 Å². The van der Waals surface area contributed by atoms with Crippen LogP contribution in [0.5, 0.6) is 0 Å². The van der Waals surface area contributed by atoms with Crippen molar-refractivity contribution in [1.29, 1.82) is 0 Å². The number of anilines is 1. The first-order valence-corrected chi connectivity index (χ1v) is 10.7. The lowest BCUT2D eigenvalue weighted by Gasteiger charge is -2.33. The second-order valence-corrected chi connectivity index (χ2v) is 8.63. The summed E-state index contributed by atoms with van der Waals surface area (Å²) in [5, 5.41) is 0. The maximum Gasteiger partial charge on any atom is 0.228 e. The molecule has 0 spiro atoms. The van der Waals surface area contributed by atoms with Crippen LogP contribution in [0.4, 0.5) is 5.69 Å². The minimum Gasteiger partial charge on any atom is -0.342 e. The van der Waals surface area contributed by atoms with Crippen LogP contribution < -0.4 is 4.90 Å². The smallest absolute Gasteiger partial charge is 0.228 e. The maximum atomic E-state index is 13.1. The summed E-state index contributed by atoms with van der Waals surface area (Å²) in [5.74, 6) is 0.641. The van der Waals surface area contributed by atoms with E-state index in [1.165, 1.54) is 16.7 Å². The predicted molar refractivity (Wildman–Crippen MR) is 116 cm³/mol. The van der Waals surface area contributed by atoms with E-state index in [4.69, 9.17) is 0 Å². The molecule has 0 N–H and O–H groups in total. The molecule has 0 saturated carbocycles. The van der Waals surface area contributed by atoms with Crippen molar-refractivity contribution in [2.45, 2.75) is 39.5 Å². The van der Waals surface area contributed by atoms with Gasteiger partial charge in [-0.2, -0.15) is 0 Å². The third kappa shape index (κ3) is 4.36. The molecular weight excluding hydrogens is 360 g/mol. The highest BCUT2D eigenvalue weighted by atomic mass is 16.2. The Labute approximate surface area is 173 Å². The third-order valence-electron chi connectivity index (χ3n) is 6.57. The molecule has 0 unspecified atom stereocenters. The average Bonchev–Trinajstić information content (AvgIpc) is 3.12. The van der Waals surface area contributed by atoms with Crippen molar-refractivity contribution in [1.82, 2.24) is 4.90 Å². The number of likely N-dealkylation sites (tertiary alicyclic amines) is 1. The zero-order valence-electron chi connectivity index (χ0n) is 17.4. The molecule has 4 rings (SSSR count). The minimum atomic E-state index is -0.213. The van der Waals surface area contributed by atoms with Gasteiger partial charge in [0.15, 0.2) is 0 Å². The normalized spacial score (nSPS) is 20.3. The van der Waals surface area contributed by atoms with Crippen LogP contribution in [0, 0.1) is 25.7 Å². The lowest BCUT2D eigenvalue weighted by Crippen LogP contribution is -2.42. The van der Waals surface area contributed by atoms with Crippen molar-refractivity contribution in [3.8, 4) is 0 Å². The fourth-order valence-electron chi connectivity index (χ4n) is 4.58. The molecule has 2 aromatic carbocycles. The molecule has 152 valence electrons. The van der Waals surface area contributed by atoms with E-state index < -0.39 is 0 Å². The number of rotatable bonds is 4. The summed E-state index contributed by atoms with van der Waals surface area (Å²) >= 11 is 0. The lowest BCUT2D eigenvalue weighted by molar-refractivity contribution is -0.137. The van der Waals surface area contributed by atoms with Gasteiger partial charge < -0.3 is 9.80 Å². The van der Waals surface area contributed by atoms with E-state index in [9.17, 15) is 9.59 Å². The highest BCUT2D eigenvalue weighted by Gasteiger charge is 2.38. The molecule has 4 heteroatoms. The number of piperidine rings is 1. The van der Waals surface area contributed by atoms with Crippen LogP contribution in [0.25, 0.3) is 0 Å². The molecule has 4 nitrogen and oxygen atoms in total. The highest BCUT2D eigenvalue weighted by Crippen LogP contribution is 2.29. The van der Waals surface area contributed by atoms with Crippen molar-refractivity contribution in [2.75, 3.05) is 24.5 Å². The van der Waals surface area contributed by atoms with Gasteiger partial charge in [-0.3, -0.25) is 9.59 Å². The number of carbonyl (C=O) groups is 2. The molecule has 29 heavy (non-hydrogen) atoms. The number of carbonyl (C=O) groups excluding carboxylic acids is 2. The summed E-state index contributed by atoms with van der Waals surface area (Å²) in [5.41, 5.74) is 4.68. The third-order valence-corrected chi connectivity index (χ3v) is 6.57. The van der Waals surface area contributed by atoms with E-state index in [-0.39, 0.29) is 17.7 Å². The van der Waals surface area contributed by atoms with Gasteiger partial charge in [0.1, 0.15) is 0 Å². The van der Waals surface area contributed by atoms with Gasteiger partial charge in [-0.15, -0.1) is 0 Å². The van der Waals surface area contributed by atoms with E-state index in [1.54, 1.807) is 4.90 Å². The molecule has 2 aromatic rings. The van der Waals surface area contributed by atoms with Crippen molar-refractivity contribution >= 4 is 17.5 Å². The van der Waals surface area contributed by atoms with Crippen molar-refractivity contribution < 1.29 is 9.59 Å². The molecule has 2 aliphatic rings. The van der Waals surface area contributed by atoms with Gasteiger partial charge in [-0.25, -0.2) is 0 Å². The lowest BCUT2D eigenvalue weighted by atomic mass is 9.89. The van der Waals surface area contributed by atoms with E-state index >= 15 is 0 Å². The van der Waals surface area contributed by atoms with Crippen molar-refractivity contribution in [3.05, 3.63) is 65.2 Å². The van der Waals surface area contributed by atoms with E-state index in [0.29, 0.717) is 18.9 Å². The first kappa shape index (κ1) is 19.7. The fourth-order valence-corrected chi connectivity index (χ4v) is 4.58. The Bertz CT molecular complexity index is 885. The first-order chi connectivity index (χ1) is 14.0. The topological polar surface area (TPSA) is 40.6 Å². The SMILES string of the molecule is Cc1ccc(N2C[C@@H](C(=O)N3CCC(Cc4ccccc4)CC3)CC2=O)cc1C. The van der Waals surface area contributed by atoms with Gasteiger partial charge >= 0.3 is 0 Å². The van der Waals surface area contributed by atoms with Gasteiger partial charge in [-0.1, -0.05) is 36.4 Å². The number of nitrogens with zero attached hydrogens (tertiary/aromatic N) is 2. The van der Waals surface area contributed by atoms with Crippen molar-refractivity contribution in [2.24, 2.45) is 11.8 Å². The molecule has 0 radical (unpaired) electrons. The standard InChI is InChI=1S/C25H30N2O2/c1-18-8-9-23(14-19(18)2)27-17-22(16-24(27)28)25(29)26-12-10-21(11-13-26)15-20-6-4-3-5-7-20/h3-9,14,21-22H,10-13,15-17H2,1-2H3/t22-/m0/s1. The van der Waals surface area contributed by atoms with Crippen LogP contribution in [0.2, 0.25) is 0 Å². The summed E-state index contributed by atoms with van der Waals surface area (Å²) in [6.45, 7) is 6.25. The summed E-state index contributed by atoms with van der Waals surface area (Å²) in [4.78, 5) is 29.4. The average molecular weight is 391 g/mol. The quantitative estimate of drug-likeness (QED) is 0.787. The number of hydrogen-bond donors (Lipinski definition) is 0. The summed E-state index contributed by atoms with van der Waals surface area (Å²) in [6.07, 6.45) is 3.51. The fraction of sp³-hybridized carbons (Fsp3) is 0.440. The number of aryl methyl sites for hydroxylation is 2. The zero-order valence-corrected chi connectivity index (χ0v) is 17.4. The minimum absolute atomic E-state index is 0.0607. The number of benzene rings is 2. The summed E-state index contributed by atoms with van der Waals surface area (Å²) in [6, 6.07) is 16.7. The Kier molecular flexibility index (Phi) is 5.70. The molecule has 2 aliphatic heterocycles. The van der Waals surface area contributed by atoms with Gasteiger partial charge in [0.25, 0.3) is 0 Å². The van der Waals surface area contributed by atoms with E-state index in [2.05, 4.69) is 50.2 Å². The monoisotopic (exact) mass is 390 g/mol. The molecule has 0 bridgehead atoms.